The van der Waals surface area contributed by atoms with E-state index in [0.717, 1.165) is 5.56 Å². The number of carbonyl (C=O) groups excluding carboxylic acids is 1. The van der Waals surface area contributed by atoms with Crippen LogP contribution in [-0.4, -0.2) is 32.7 Å². The van der Waals surface area contributed by atoms with E-state index in [1.165, 1.54) is 0 Å². The molecule has 0 aromatic heterocycles. The lowest BCUT2D eigenvalue weighted by atomic mass is 10.1. The second kappa shape index (κ2) is 9.24. The van der Waals surface area contributed by atoms with Gasteiger partial charge < -0.3 is 10.1 Å². The first-order valence-corrected chi connectivity index (χ1v) is 10.1. The fraction of sp³-hybridized carbons (Fsp3) is 0.316. The number of hydrogen-bond acceptors (Lipinski definition) is 4. The lowest BCUT2D eigenvalue weighted by molar-refractivity contribution is -0.118. The van der Waals surface area contributed by atoms with E-state index in [2.05, 4.69) is 10.0 Å². The Balaban J connectivity index is 1.80. The molecule has 0 spiro atoms. The van der Waals surface area contributed by atoms with Crippen molar-refractivity contribution in [1.29, 1.82) is 0 Å². The quantitative estimate of drug-likeness (QED) is 0.704. The smallest absolute Gasteiger partial charge is 0.241 e. The first kappa shape index (κ1) is 19.8. The van der Waals surface area contributed by atoms with Gasteiger partial charge in [0.2, 0.25) is 15.9 Å². The first-order valence-electron chi connectivity index (χ1n) is 8.42. The summed E-state index contributed by atoms with van der Waals surface area (Å²) in [5.74, 6) is -0.499. The molecule has 0 aliphatic carbocycles. The highest BCUT2D eigenvalue weighted by Crippen LogP contribution is 2.17. The van der Waals surface area contributed by atoms with Gasteiger partial charge in [0, 0.05) is 12.2 Å². The number of sulfonamides is 1. The Labute approximate surface area is 154 Å². The van der Waals surface area contributed by atoms with Crippen molar-refractivity contribution in [2.75, 3.05) is 17.0 Å². The van der Waals surface area contributed by atoms with E-state index >= 15 is 0 Å². The summed E-state index contributed by atoms with van der Waals surface area (Å²) in [5.41, 5.74) is 1.47. The summed E-state index contributed by atoms with van der Waals surface area (Å²) in [4.78, 5) is 11.9. The monoisotopic (exact) mass is 376 g/mol. The minimum atomic E-state index is -3.77. The summed E-state index contributed by atoms with van der Waals surface area (Å²) in [5, 5.41) is 2.63. The molecule has 2 aromatic rings. The summed E-state index contributed by atoms with van der Waals surface area (Å²) >= 11 is 0. The van der Waals surface area contributed by atoms with Gasteiger partial charge in [-0.05, 0) is 50.1 Å². The molecule has 0 unspecified atom stereocenters. The molecule has 0 bridgehead atoms. The van der Waals surface area contributed by atoms with Crippen molar-refractivity contribution in [3.8, 4) is 5.75 Å². The van der Waals surface area contributed by atoms with E-state index in [4.69, 9.17) is 4.74 Å². The van der Waals surface area contributed by atoms with Crippen LogP contribution in [0.1, 0.15) is 19.4 Å². The zero-order valence-corrected chi connectivity index (χ0v) is 15.8. The Hall–Kier alpha value is -2.54. The average molecular weight is 376 g/mol. The summed E-state index contributed by atoms with van der Waals surface area (Å²) in [6.45, 7) is 4.21. The van der Waals surface area contributed by atoms with Crippen molar-refractivity contribution in [3.63, 3.8) is 0 Å². The number of anilines is 1. The van der Waals surface area contributed by atoms with Crippen molar-refractivity contribution in [3.05, 3.63) is 60.2 Å². The second-order valence-electron chi connectivity index (χ2n) is 6.14. The predicted molar refractivity (Wildman–Crippen MR) is 103 cm³/mol. The van der Waals surface area contributed by atoms with Crippen LogP contribution in [0.15, 0.2) is 54.6 Å². The molecule has 0 radical (unpaired) electrons. The number of amides is 1. The van der Waals surface area contributed by atoms with E-state index in [1.807, 2.05) is 44.2 Å². The van der Waals surface area contributed by atoms with Crippen LogP contribution in [0.4, 0.5) is 5.69 Å². The van der Waals surface area contributed by atoms with E-state index in [-0.39, 0.29) is 6.10 Å². The highest BCUT2D eigenvalue weighted by atomic mass is 32.2. The standard InChI is InChI=1S/C19H24N2O4S/c1-15(2)25-18-10-8-17(9-11-18)21-26(23,24)14-19(22)20-13-12-16-6-4-3-5-7-16/h3-11,15,21H,12-14H2,1-2H3,(H,20,22). The number of hydrogen-bond donors (Lipinski definition) is 2. The Morgan fingerprint density at radius 1 is 1.04 bits per heavy atom. The maximum absolute atomic E-state index is 12.1. The van der Waals surface area contributed by atoms with Crippen molar-refractivity contribution in [1.82, 2.24) is 5.32 Å². The molecule has 2 rings (SSSR count). The Bertz CT molecular complexity index is 803. The van der Waals surface area contributed by atoms with Gasteiger partial charge in [0.05, 0.1) is 6.10 Å². The van der Waals surface area contributed by atoms with Crippen molar-refractivity contribution < 1.29 is 17.9 Å². The van der Waals surface area contributed by atoms with E-state index in [9.17, 15) is 13.2 Å². The van der Waals surface area contributed by atoms with Crippen LogP contribution < -0.4 is 14.8 Å². The molecule has 7 heteroatoms. The molecule has 0 saturated carbocycles. The molecule has 26 heavy (non-hydrogen) atoms. The predicted octanol–water partition coefficient (Wildman–Crippen LogP) is 2.57. The number of nitrogens with one attached hydrogen (secondary N) is 2. The highest BCUT2D eigenvalue weighted by Gasteiger charge is 2.16. The molecule has 2 aromatic carbocycles. The third-order valence-electron chi connectivity index (χ3n) is 3.40. The maximum atomic E-state index is 12.1. The maximum Gasteiger partial charge on any atom is 0.241 e. The third kappa shape index (κ3) is 7.14. The first-order chi connectivity index (χ1) is 12.3. The zero-order chi connectivity index (χ0) is 19.0. The van der Waals surface area contributed by atoms with Crippen LogP contribution in [0, 0.1) is 0 Å². The van der Waals surface area contributed by atoms with Crippen molar-refractivity contribution in [2.24, 2.45) is 0 Å². The van der Waals surface area contributed by atoms with Crippen LogP contribution in [0.2, 0.25) is 0 Å². The Morgan fingerprint density at radius 2 is 1.69 bits per heavy atom. The summed E-state index contributed by atoms with van der Waals surface area (Å²) in [6, 6.07) is 16.2. The number of rotatable bonds is 9. The molecule has 6 nitrogen and oxygen atoms in total. The molecule has 0 heterocycles. The fourth-order valence-corrected chi connectivity index (χ4v) is 3.32. The minimum absolute atomic E-state index is 0.0390. The van der Waals surface area contributed by atoms with Crippen molar-refractivity contribution in [2.45, 2.75) is 26.4 Å². The molecule has 0 saturated heterocycles. The van der Waals surface area contributed by atoms with E-state index < -0.39 is 21.7 Å². The molecule has 0 atom stereocenters. The summed E-state index contributed by atoms with van der Waals surface area (Å²) < 4.78 is 32.1. The van der Waals surface area contributed by atoms with E-state index in [1.54, 1.807) is 24.3 Å². The van der Waals surface area contributed by atoms with Crippen LogP contribution in [0.25, 0.3) is 0 Å². The van der Waals surface area contributed by atoms with Gasteiger partial charge in [0.1, 0.15) is 11.5 Å². The molecule has 140 valence electrons. The van der Waals surface area contributed by atoms with Crippen LogP contribution in [0.5, 0.6) is 5.75 Å². The SMILES string of the molecule is CC(C)Oc1ccc(NS(=O)(=O)CC(=O)NCCc2ccccc2)cc1. The van der Waals surface area contributed by atoms with Crippen molar-refractivity contribution >= 4 is 21.6 Å². The Kier molecular flexibility index (Phi) is 7.03. The largest absolute Gasteiger partial charge is 0.491 e. The molecular weight excluding hydrogens is 352 g/mol. The van der Waals surface area contributed by atoms with Gasteiger partial charge in [-0.25, -0.2) is 8.42 Å². The van der Waals surface area contributed by atoms with Gasteiger partial charge >= 0.3 is 0 Å². The summed E-state index contributed by atoms with van der Waals surface area (Å²) in [6.07, 6.45) is 0.689. The van der Waals surface area contributed by atoms with Gasteiger partial charge in [0.25, 0.3) is 0 Å². The lowest BCUT2D eigenvalue weighted by Crippen LogP contribution is -2.34. The average Bonchev–Trinajstić information content (AvgIpc) is 2.56. The minimum Gasteiger partial charge on any atom is -0.491 e. The number of benzene rings is 2. The number of carbonyl (C=O) groups is 1. The molecule has 2 N–H and O–H groups in total. The lowest BCUT2D eigenvalue weighted by Gasteiger charge is -2.11. The molecule has 0 aliphatic heterocycles. The number of ether oxygens (including phenoxy) is 1. The molecule has 1 amide bonds. The summed E-state index contributed by atoms with van der Waals surface area (Å²) in [7, 11) is -3.77. The van der Waals surface area contributed by atoms with Crippen LogP contribution in [-0.2, 0) is 21.2 Å². The second-order valence-corrected chi connectivity index (χ2v) is 7.86. The highest BCUT2D eigenvalue weighted by molar-refractivity contribution is 7.93. The van der Waals surface area contributed by atoms with Gasteiger partial charge in [-0.1, -0.05) is 30.3 Å². The normalized spacial score (nSPS) is 11.2. The van der Waals surface area contributed by atoms with E-state index in [0.29, 0.717) is 24.4 Å². The Morgan fingerprint density at radius 3 is 2.31 bits per heavy atom. The fourth-order valence-electron chi connectivity index (χ4n) is 2.30. The van der Waals surface area contributed by atoms with Gasteiger partial charge in [-0.15, -0.1) is 0 Å². The van der Waals surface area contributed by atoms with Gasteiger partial charge in [-0.3, -0.25) is 9.52 Å². The molecule has 0 aliphatic rings. The van der Waals surface area contributed by atoms with Crippen LogP contribution >= 0.6 is 0 Å². The van der Waals surface area contributed by atoms with Crippen LogP contribution in [0.3, 0.4) is 0 Å². The van der Waals surface area contributed by atoms with Gasteiger partial charge in [0.15, 0.2) is 0 Å². The van der Waals surface area contributed by atoms with Gasteiger partial charge in [-0.2, -0.15) is 0 Å². The zero-order valence-electron chi connectivity index (χ0n) is 14.9. The topological polar surface area (TPSA) is 84.5 Å². The molecular formula is C19H24N2O4S. The molecule has 0 fully saturated rings. The third-order valence-corrected chi connectivity index (χ3v) is 4.59.